The molecule has 7 heteroatoms. The highest BCUT2D eigenvalue weighted by Crippen LogP contribution is 2.31. The molecule has 4 heterocycles. The summed E-state index contributed by atoms with van der Waals surface area (Å²) in [6.45, 7) is 2.37. The Balaban J connectivity index is 1.73. The van der Waals surface area contributed by atoms with Crippen LogP contribution in [0.15, 0.2) is 51.9 Å². The summed E-state index contributed by atoms with van der Waals surface area (Å²) >= 11 is 0. The van der Waals surface area contributed by atoms with E-state index in [-0.39, 0.29) is 11.6 Å². The first kappa shape index (κ1) is 17.4. The van der Waals surface area contributed by atoms with Gasteiger partial charge >= 0.3 is 0 Å². The van der Waals surface area contributed by atoms with E-state index in [1.807, 2.05) is 52.5 Å². The number of para-hydroxylation sites is 2. The third-order valence-corrected chi connectivity index (χ3v) is 6.16. The molecule has 0 saturated heterocycles. The predicted octanol–water partition coefficient (Wildman–Crippen LogP) is 4.36. The van der Waals surface area contributed by atoms with E-state index in [4.69, 9.17) is 19.4 Å². The zero-order chi connectivity index (χ0) is 20.2. The van der Waals surface area contributed by atoms with Crippen molar-refractivity contribution in [2.45, 2.75) is 45.2 Å². The highest BCUT2D eigenvalue weighted by Gasteiger charge is 2.26. The molecule has 0 amide bonds. The van der Waals surface area contributed by atoms with E-state index in [2.05, 4.69) is 0 Å². The zero-order valence-electron chi connectivity index (χ0n) is 16.7. The summed E-state index contributed by atoms with van der Waals surface area (Å²) in [6.07, 6.45) is 6.00. The predicted molar refractivity (Wildman–Crippen MR) is 115 cm³/mol. The minimum absolute atomic E-state index is 0.0165. The molecule has 0 unspecified atom stereocenters. The van der Waals surface area contributed by atoms with Gasteiger partial charge in [-0.1, -0.05) is 25.0 Å². The monoisotopic (exact) mass is 399 g/mol. The van der Waals surface area contributed by atoms with Gasteiger partial charge in [0.05, 0.1) is 23.8 Å². The Morgan fingerprint density at radius 2 is 1.77 bits per heavy atom. The Labute approximate surface area is 172 Å². The normalized spacial score (nSPS) is 15.1. The SMILES string of the molecule is Cc1nc2c(c(=O)n1C1CCCC1)c1nc3ccccc3nc1n2Cc1ccco1. The van der Waals surface area contributed by atoms with Gasteiger partial charge in [-0.05, 0) is 44.0 Å². The van der Waals surface area contributed by atoms with Gasteiger partial charge in [0.25, 0.3) is 5.56 Å². The molecular formula is C23H21N5O2. The second-order valence-corrected chi connectivity index (χ2v) is 8.02. The fourth-order valence-corrected chi connectivity index (χ4v) is 4.78. The van der Waals surface area contributed by atoms with Crippen LogP contribution in [0.4, 0.5) is 0 Å². The van der Waals surface area contributed by atoms with Crippen molar-refractivity contribution in [3.05, 3.63) is 64.6 Å². The maximum absolute atomic E-state index is 13.7. The number of fused-ring (bicyclic) bond motifs is 4. The minimum Gasteiger partial charge on any atom is -0.467 e. The maximum atomic E-state index is 13.7. The lowest BCUT2D eigenvalue weighted by Crippen LogP contribution is -2.27. The van der Waals surface area contributed by atoms with E-state index >= 15 is 0 Å². The molecule has 0 bridgehead atoms. The Morgan fingerprint density at radius 3 is 2.50 bits per heavy atom. The summed E-state index contributed by atoms with van der Waals surface area (Å²) in [5, 5.41) is 0.548. The molecule has 4 aromatic heterocycles. The number of hydrogen-bond acceptors (Lipinski definition) is 5. The molecule has 1 aliphatic rings. The van der Waals surface area contributed by atoms with Crippen molar-refractivity contribution in [2.24, 2.45) is 0 Å². The van der Waals surface area contributed by atoms with Crippen LogP contribution in [0, 0.1) is 6.92 Å². The molecule has 1 saturated carbocycles. The molecule has 0 atom stereocenters. The summed E-state index contributed by atoms with van der Waals surface area (Å²) < 4.78 is 9.41. The van der Waals surface area contributed by atoms with Crippen molar-refractivity contribution in [1.82, 2.24) is 24.1 Å². The van der Waals surface area contributed by atoms with E-state index in [1.54, 1.807) is 6.26 Å². The lowest BCUT2D eigenvalue weighted by molar-refractivity contribution is 0.483. The van der Waals surface area contributed by atoms with Crippen LogP contribution in [0.5, 0.6) is 0 Å². The average molecular weight is 399 g/mol. The van der Waals surface area contributed by atoms with Crippen molar-refractivity contribution >= 4 is 33.2 Å². The molecule has 5 aromatic rings. The van der Waals surface area contributed by atoms with Crippen molar-refractivity contribution in [1.29, 1.82) is 0 Å². The number of rotatable bonds is 3. The van der Waals surface area contributed by atoms with Crippen LogP contribution in [0.25, 0.3) is 33.2 Å². The zero-order valence-corrected chi connectivity index (χ0v) is 16.7. The van der Waals surface area contributed by atoms with Gasteiger partial charge < -0.3 is 8.98 Å². The lowest BCUT2D eigenvalue weighted by Gasteiger charge is -2.16. The second kappa shape index (κ2) is 6.52. The molecule has 0 spiro atoms. The van der Waals surface area contributed by atoms with Crippen LogP contribution < -0.4 is 5.56 Å². The quantitative estimate of drug-likeness (QED) is 0.450. The van der Waals surface area contributed by atoms with E-state index in [0.29, 0.717) is 28.7 Å². The van der Waals surface area contributed by atoms with E-state index in [9.17, 15) is 4.79 Å². The number of furan rings is 1. The number of nitrogens with zero attached hydrogens (tertiary/aromatic N) is 5. The number of benzene rings is 1. The van der Waals surface area contributed by atoms with Gasteiger partial charge in [0.2, 0.25) is 0 Å². The van der Waals surface area contributed by atoms with Crippen LogP contribution >= 0.6 is 0 Å². The third-order valence-electron chi connectivity index (χ3n) is 6.16. The molecule has 7 nitrogen and oxygen atoms in total. The Kier molecular flexibility index (Phi) is 3.78. The van der Waals surface area contributed by atoms with Crippen molar-refractivity contribution < 1.29 is 4.42 Å². The highest BCUT2D eigenvalue weighted by molar-refractivity contribution is 6.04. The topological polar surface area (TPSA) is 78.7 Å². The number of aryl methyl sites for hydroxylation is 1. The smallest absolute Gasteiger partial charge is 0.265 e. The summed E-state index contributed by atoms with van der Waals surface area (Å²) in [5.41, 5.74) is 3.44. The number of aromatic nitrogens is 5. The van der Waals surface area contributed by atoms with Gasteiger partial charge in [0.15, 0.2) is 11.3 Å². The first-order valence-electron chi connectivity index (χ1n) is 10.4. The standard InChI is InChI=1S/C23H21N5O2/c1-14-24-21-19(23(29)28(14)15-7-2-3-8-15)20-22(27(21)13-16-9-6-12-30-16)26-18-11-5-4-10-17(18)25-20/h4-6,9-12,15H,2-3,7-8,13H2,1H3. The first-order chi connectivity index (χ1) is 14.7. The largest absolute Gasteiger partial charge is 0.467 e. The van der Waals surface area contributed by atoms with Crippen molar-refractivity contribution in [3.63, 3.8) is 0 Å². The molecule has 1 aromatic carbocycles. The Bertz CT molecular complexity index is 1460. The number of hydrogen-bond donors (Lipinski definition) is 0. The fourth-order valence-electron chi connectivity index (χ4n) is 4.78. The maximum Gasteiger partial charge on any atom is 0.265 e. The molecule has 6 rings (SSSR count). The average Bonchev–Trinajstić information content (AvgIpc) is 3.49. The van der Waals surface area contributed by atoms with Gasteiger partial charge in [-0.15, -0.1) is 0 Å². The molecule has 1 fully saturated rings. The van der Waals surface area contributed by atoms with Crippen LogP contribution in [0.1, 0.15) is 43.3 Å². The Hall–Kier alpha value is -3.48. The molecule has 0 aliphatic heterocycles. The van der Waals surface area contributed by atoms with Gasteiger partial charge in [-0.2, -0.15) is 0 Å². The van der Waals surface area contributed by atoms with Crippen molar-refractivity contribution in [2.75, 3.05) is 0 Å². The molecule has 0 radical (unpaired) electrons. The summed E-state index contributed by atoms with van der Waals surface area (Å²) in [6, 6.07) is 11.7. The molecule has 150 valence electrons. The van der Waals surface area contributed by atoms with Gasteiger partial charge in [0, 0.05) is 6.04 Å². The molecule has 0 N–H and O–H groups in total. The molecule has 1 aliphatic carbocycles. The summed E-state index contributed by atoms with van der Waals surface area (Å²) in [4.78, 5) is 28.3. The van der Waals surface area contributed by atoms with Gasteiger partial charge in [-0.25, -0.2) is 15.0 Å². The highest BCUT2D eigenvalue weighted by atomic mass is 16.3. The summed E-state index contributed by atoms with van der Waals surface area (Å²) in [5.74, 6) is 1.52. The van der Waals surface area contributed by atoms with Crippen LogP contribution in [0.2, 0.25) is 0 Å². The molecule has 30 heavy (non-hydrogen) atoms. The third kappa shape index (κ3) is 2.51. The van der Waals surface area contributed by atoms with E-state index in [0.717, 1.165) is 48.3 Å². The van der Waals surface area contributed by atoms with Crippen LogP contribution in [-0.4, -0.2) is 24.1 Å². The van der Waals surface area contributed by atoms with E-state index in [1.165, 1.54) is 0 Å². The lowest BCUT2D eigenvalue weighted by atomic mass is 10.2. The van der Waals surface area contributed by atoms with Gasteiger partial charge in [-0.3, -0.25) is 9.36 Å². The fraction of sp³-hybridized carbons (Fsp3) is 0.304. The van der Waals surface area contributed by atoms with Crippen LogP contribution in [-0.2, 0) is 6.54 Å². The minimum atomic E-state index is -0.0165. The van der Waals surface area contributed by atoms with Crippen molar-refractivity contribution in [3.8, 4) is 0 Å². The molecular weight excluding hydrogens is 378 g/mol. The second-order valence-electron chi connectivity index (χ2n) is 8.02. The summed E-state index contributed by atoms with van der Waals surface area (Å²) in [7, 11) is 0. The Morgan fingerprint density at radius 1 is 1.00 bits per heavy atom. The van der Waals surface area contributed by atoms with E-state index < -0.39 is 0 Å². The van der Waals surface area contributed by atoms with Gasteiger partial charge in [0.1, 0.15) is 22.5 Å². The first-order valence-corrected chi connectivity index (χ1v) is 10.4. The van der Waals surface area contributed by atoms with Crippen LogP contribution in [0.3, 0.4) is 0 Å².